The summed E-state index contributed by atoms with van der Waals surface area (Å²) in [4.78, 5) is 24.8. The van der Waals surface area contributed by atoms with Crippen LogP contribution in [0.4, 0.5) is 0 Å². The lowest BCUT2D eigenvalue weighted by atomic mass is 9.93. The van der Waals surface area contributed by atoms with Gasteiger partial charge in [-0.1, -0.05) is 0 Å². The van der Waals surface area contributed by atoms with Gasteiger partial charge < -0.3 is 134 Å². The molecule has 2 amide bonds. The molecule has 5 fully saturated rings. The summed E-state index contributed by atoms with van der Waals surface area (Å²) in [6.45, 7) is -2.50. The lowest BCUT2D eigenvalue weighted by Crippen LogP contribution is -2.71. The predicted octanol–water partition coefficient (Wildman–Crippen LogP) is -9.54. The third-order valence-corrected chi connectivity index (χ3v) is 12.4. The van der Waals surface area contributed by atoms with Gasteiger partial charge in [-0.05, 0) is 24.3 Å². The van der Waals surface area contributed by atoms with E-state index in [1.54, 1.807) is 12.1 Å². The SMILES string of the molecule is COc1ccc(O[C@@H]2O[C@H](CO)[C@H](O[C@@H]3O[C@H](CO)[C@H](O[C@H]4O[C@H](CO)[C@H](O)[C@H](O[C@@H]5O[C@H](CO)[C@H](O)[C@H](O[C@H]6O[C@H](CO)[C@H](O)[C@H](O)[C@H]6NC(C)=O)[C@H]5NC(C)=O)[C@H]4O)[C@H](O)[C@H]3O)[C@H](O)[C@H]2O)cc1. The fourth-order valence-corrected chi connectivity index (χ4v) is 8.71. The first-order valence-electron chi connectivity index (χ1n) is 22.2. The van der Waals surface area contributed by atoms with Crippen molar-refractivity contribution in [2.75, 3.05) is 40.1 Å². The molecule has 400 valence electrons. The first kappa shape index (κ1) is 56.1. The second-order valence-corrected chi connectivity index (χ2v) is 17.2. The summed E-state index contributed by atoms with van der Waals surface area (Å²) in [7, 11) is 1.45. The number of rotatable bonds is 18. The van der Waals surface area contributed by atoms with Crippen LogP contribution in [-0.2, 0) is 52.2 Å². The van der Waals surface area contributed by atoms with Gasteiger partial charge in [0.1, 0.15) is 133 Å². The Kier molecular flexibility index (Phi) is 19.8. The van der Waals surface area contributed by atoms with Gasteiger partial charge in [0.2, 0.25) is 18.1 Å². The second-order valence-electron chi connectivity index (χ2n) is 17.2. The molecule has 5 heterocycles. The molecule has 0 saturated carbocycles. The molecular weight excluding hydrogens is 952 g/mol. The van der Waals surface area contributed by atoms with Crippen molar-refractivity contribution >= 4 is 11.8 Å². The van der Waals surface area contributed by atoms with Crippen LogP contribution >= 0.6 is 0 Å². The smallest absolute Gasteiger partial charge is 0.229 e. The number of amides is 2. The summed E-state index contributed by atoms with van der Waals surface area (Å²) < 4.78 is 62.9. The van der Waals surface area contributed by atoms with Crippen molar-refractivity contribution in [3.05, 3.63) is 24.3 Å². The number of methoxy groups -OCH3 is 1. The van der Waals surface area contributed by atoms with Gasteiger partial charge in [-0.25, -0.2) is 0 Å². The standard InChI is InChI=1S/C41H64N2O27/c1-13(49)42-22-27(54)24(51)17(8-44)62-37(22)69-35-23(43-14(2)50)38(63-18(9-45)25(35)52)70-36-26(53)19(10-46)64-41(32(36)59)68-34-21(12-48)66-40(31(58)29(34)56)67-33-20(11-47)65-39(30(57)28(33)55)61-16-6-4-15(60-3)5-7-16/h4-7,17-41,44-48,51-59H,8-12H2,1-3H3,(H,42,49)(H,43,50)/t17-,18-,19-,20-,21-,22-,23-,24+,25+,26+,27-,28-,29-,30-,31-,32-,33+,34+,35-,36+,37-,38+,39-,40+,41-/m1/s1. The monoisotopic (exact) mass is 1020 g/mol. The maximum atomic E-state index is 12.6. The molecule has 0 bridgehead atoms. The van der Waals surface area contributed by atoms with Crippen molar-refractivity contribution in [3.8, 4) is 11.5 Å². The van der Waals surface area contributed by atoms with Crippen LogP contribution in [0.3, 0.4) is 0 Å². The van der Waals surface area contributed by atoms with E-state index in [9.17, 15) is 81.1 Å². The zero-order valence-corrected chi connectivity index (χ0v) is 37.8. The Labute approximate surface area is 398 Å². The molecular formula is C41H64N2O27. The van der Waals surface area contributed by atoms with Crippen LogP contribution in [0.15, 0.2) is 24.3 Å². The van der Waals surface area contributed by atoms with Crippen LogP contribution in [0.1, 0.15) is 13.8 Å². The van der Waals surface area contributed by atoms with Gasteiger partial charge in [-0.3, -0.25) is 9.59 Å². The predicted molar refractivity (Wildman–Crippen MR) is 221 cm³/mol. The first-order valence-corrected chi connectivity index (χ1v) is 22.2. The number of nitrogens with one attached hydrogen (secondary N) is 2. The Balaban J connectivity index is 1.18. The summed E-state index contributed by atoms with van der Waals surface area (Å²) in [5.74, 6) is -0.844. The Morgan fingerprint density at radius 3 is 1.30 bits per heavy atom. The number of carbonyl (C=O) groups is 2. The molecule has 25 atom stereocenters. The number of hydrogen-bond acceptors (Lipinski definition) is 27. The zero-order valence-electron chi connectivity index (χ0n) is 37.8. The Morgan fingerprint density at radius 1 is 0.429 bits per heavy atom. The van der Waals surface area contributed by atoms with E-state index in [1.807, 2.05) is 0 Å². The third kappa shape index (κ3) is 12.3. The van der Waals surface area contributed by atoms with E-state index in [0.717, 1.165) is 13.8 Å². The highest BCUT2D eigenvalue weighted by atomic mass is 16.8. The van der Waals surface area contributed by atoms with E-state index < -0.39 is 198 Å². The van der Waals surface area contributed by atoms with Crippen molar-refractivity contribution in [1.29, 1.82) is 0 Å². The van der Waals surface area contributed by atoms with Gasteiger partial charge in [0.15, 0.2) is 25.2 Å². The fraction of sp³-hybridized carbons (Fsp3) is 0.805. The van der Waals surface area contributed by atoms with Crippen molar-refractivity contribution < 1.29 is 133 Å². The van der Waals surface area contributed by atoms with E-state index in [2.05, 4.69) is 10.6 Å². The molecule has 29 heteroatoms. The van der Waals surface area contributed by atoms with Gasteiger partial charge >= 0.3 is 0 Å². The highest BCUT2D eigenvalue weighted by molar-refractivity contribution is 5.73. The number of benzene rings is 1. The third-order valence-electron chi connectivity index (χ3n) is 12.4. The molecule has 70 heavy (non-hydrogen) atoms. The first-order chi connectivity index (χ1) is 33.3. The highest BCUT2D eigenvalue weighted by Gasteiger charge is 2.57. The van der Waals surface area contributed by atoms with E-state index >= 15 is 0 Å². The molecule has 0 spiro atoms. The number of carbonyl (C=O) groups excluding carboxylic acids is 2. The lowest BCUT2D eigenvalue weighted by Gasteiger charge is -2.50. The molecule has 29 nitrogen and oxygen atoms in total. The minimum absolute atomic E-state index is 0.196. The van der Waals surface area contributed by atoms with Crippen molar-refractivity contribution in [2.24, 2.45) is 0 Å². The molecule has 5 aliphatic rings. The molecule has 5 saturated heterocycles. The van der Waals surface area contributed by atoms with Gasteiger partial charge in [-0.15, -0.1) is 0 Å². The quantitative estimate of drug-likeness (QED) is 0.0649. The topological polar surface area (TPSA) is 443 Å². The Bertz CT molecular complexity index is 1800. The van der Waals surface area contributed by atoms with Crippen LogP contribution in [0, 0.1) is 0 Å². The molecule has 0 unspecified atom stereocenters. The van der Waals surface area contributed by atoms with E-state index in [-0.39, 0.29) is 5.75 Å². The molecule has 6 rings (SSSR count). The molecule has 5 aliphatic heterocycles. The van der Waals surface area contributed by atoms with Crippen LogP contribution in [0.25, 0.3) is 0 Å². The van der Waals surface area contributed by atoms with Crippen LogP contribution in [0.5, 0.6) is 11.5 Å². The molecule has 16 N–H and O–H groups in total. The summed E-state index contributed by atoms with van der Waals surface area (Å²) in [5.41, 5.74) is 0. The summed E-state index contributed by atoms with van der Waals surface area (Å²) in [6.07, 6.45) is -41.8. The van der Waals surface area contributed by atoms with Crippen molar-refractivity contribution in [2.45, 2.75) is 167 Å². The van der Waals surface area contributed by atoms with Gasteiger partial charge in [0.25, 0.3) is 0 Å². The summed E-state index contributed by atoms with van der Waals surface area (Å²) >= 11 is 0. The Morgan fingerprint density at radius 2 is 0.800 bits per heavy atom. The lowest BCUT2D eigenvalue weighted by molar-refractivity contribution is -0.386. The van der Waals surface area contributed by atoms with Crippen molar-refractivity contribution in [3.63, 3.8) is 0 Å². The van der Waals surface area contributed by atoms with E-state index in [1.165, 1.54) is 19.2 Å². The molecule has 1 aromatic carbocycles. The maximum absolute atomic E-state index is 12.6. The number of aliphatic hydroxyl groups is 14. The van der Waals surface area contributed by atoms with E-state index in [4.69, 9.17) is 52.1 Å². The van der Waals surface area contributed by atoms with E-state index in [0.29, 0.717) is 5.75 Å². The van der Waals surface area contributed by atoms with Gasteiger partial charge in [0.05, 0.1) is 40.1 Å². The minimum Gasteiger partial charge on any atom is -0.497 e. The average molecular weight is 1020 g/mol. The average Bonchev–Trinajstić information content (AvgIpc) is 3.34. The van der Waals surface area contributed by atoms with Crippen LogP contribution < -0.4 is 20.1 Å². The largest absolute Gasteiger partial charge is 0.497 e. The molecule has 0 aliphatic carbocycles. The van der Waals surface area contributed by atoms with Gasteiger partial charge in [0, 0.05) is 13.8 Å². The minimum atomic E-state index is -2.17. The summed E-state index contributed by atoms with van der Waals surface area (Å²) in [5, 5.41) is 156. The highest BCUT2D eigenvalue weighted by Crippen LogP contribution is 2.36. The summed E-state index contributed by atoms with van der Waals surface area (Å²) in [6, 6.07) is 2.86. The molecule has 0 radical (unpaired) electrons. The van der Waals surface area contributed by atoms with Crippen LogP contribution in [0.2, 0.25) is 0 Å². The maximum Gasteiger partial charge on any atom is 0.229 e. The molecule has 0 aromatic heterocycles. The fourth-order valence-electron chi connectivity index (χ4n) is 8.71. The van der Waals surface area contributed by atoms with Gasteiger partial charge in [-0.2, -0.15) is 0 Å². The van der Waals surface area contributed by atoms with Crippen molar-refractivity contribution in [1.82, 2.24) is 10.6 Å². The molecule has 1 aromatic rings. The second kappa shape index (κ2) is 24.7. The number of ether oxygens (including phenoxy) is 11. The number of aliphatic hydroxyl groups excluding tert-OH is 14. The number of hydrogen-bond donors (Lipinski definition) is 16. The normalized spacial score (nSPS) is 44.6. The van der Waals surface area contributed by atoms with Crippen LogP contribution in [-0.4, -0.2) is 277 Å². The Hall–Kier alpha value is -3.16. The zero-order chi connectivity index (χ0) is 51.3.